The Morgan fingerprint density at radius 1 is 1.47 bits per heavy atom. The Bertz CT molecular complexity index is 569. The molecule has 0 radical (unpaired) electrons. The lowest BCUT2D eigenvalue weighted by molar-refractivity contribution is 0.194. The zero-order valence-corrected chi connectivity index (χ0v) is 12.6. The average molecular weight is 296 g/mol. The molecule has 0 saturated carbocycles. The summed E-state index contributed by atoms with van der Waals surface area (Å²) >= 11 is 7.82. The van der Waals surface area contributed by atoms with E-state index in [1.807, 2.05) is 18.2 Å². The summed E-state index contributed by atoms with van der Waals surface area (Å²) in [4.78, 5) is 7.03. The number of anilines is 1. The van der Waals surface area contributed by atoms with Gasteiger partial charge in [-0.25, -0.2) is 4.98 Å². The van der Waals surface area contributed by atoms with Crippen LogP contribution in [0.25, 0.3) is 10.2 Å². The van der Waals surface area contributed by atoms with Gasteiger partial charge in [0.1, 0.15) is 0 Å². The van der Waals surface area contributed by atoms with E-state index < -0.39 is 0 Å². The maximum Gasteiger partial charge on any atom is 0.183 e. The smallest absolute Gasteiger partial charge is 0.183 e. The maximum atomic E-state index is 6.18. The van der Waals surface area contributed by atoms with Crippen LogP contribution in [0.5, 0.6) is 0 Å². The van der Waals surface area contributed by atoms with E-state index >= 15 is 0 Å². The number of halogens is 1. The van der Waals surface area contributed by atoms with E-state index in [1.165, 1.54) is 25.8 Å². The molecule has 3 rings (SSSR count). The summed E-state index contributed by atoms with van der Waals surface area (Å²) in [6, 6.07) is 6.50. The van der Waals surface area contributed by atoms with Crippen LogP contribution in [0.1, 0.15) is 19.3 Å². The second-order valence-electron chi connectivity index (χ2n) is 5.12. The van der Waals surface area contributed by atoms with Crippen LogP contribution < -0.4 is 5.32 Å². The van der Waals surface area contributed by atoms with Crippen molar-refractivity contribution >= 4 is 38.3 Å². The number of likely N-dealkylation sites (tertiary alicyclic amines) is 1. The minimum Gasteiger partial charge on any atom is -0.360 e. The topological polar surface area (TPSA) is 28.2 Å². The fourth-order valence-electron chi connectivity index (χ4n) is 2.60. The zero-order chi connectivity index (χ0) is 13.2. The Morgan fingerprint density at radius 3 is 3.16 bits per heavy atom. The van der Waals surface area contributed by atoms with Crippen LogP contribution in [0.2, 0.25) is 5.02 Å². The second-order valence-corrected chi connectivity index (χ2v) is 6.52. The number of nitrogens with one attached hydrogen (secondary N) is 1. The van der Waals surface area contributed by atoms with Crippen molar-refractivity contribution in [2.75, 3.05) is 25.5 Å². The third-order valence-corrected chi connectivity index (χ3v) is 5.27. The molecule has 1 fully saturated rings. The number of fused-ring (bicyclic) bond motifs is 1. The minimum atomic E-state index is 0.622. The fraction of sp³-hybridized carbons (Fsp3) is 0.500. The third kappa shape index (κ3) is 2.86. The first kappa shape index (κ1) is 13.2. The number of rotatable bonds is 3. The van der Waals surface area contributed by atoms with Crippen LogP contribution in [0.3, 0.4) is 0 Å². The summed E-state index contributed by atoms with van der Waals surface area (Å²) in [6.45, 7) is 2.17. The molecule has 2 heterocycles. The van der Waals surface area contributed by atoms with Crippen molar-refractivity contribution < 1.29 is 0 Å². The van der Waals surface area contributed by atoms with E-state index in [4.69, 9.17) is 11.6 Å². The molecule has 1 aliphatic heterocycles. The summed E-state index contributed by atoms with van der Waals surface area (Å²) in [5.41, 5.74) is 0.983. The predicted molar refractivity (Wildman–Crippen MR) is 83.4 cm³/mol. The Balaban J connectivity index is 1.69. The normalized spacial score (nSPS) is 20.8. The number of hydrogen-bond donors (Lipinski definition) is 1. The number of hydrogen-bond acceptors (Lipinski definition) is 4. The molecule has 102 valence electrons. The lowest BCUT2D eigenvalue weighted by Crippen LogP contribution is -2.40. The van der Waals surface area contributed by atoms with Gasteiger partial charge in [0, 0.05) is 12.6 Å². The molecule has 0 aliphatic carbocycles. The molecule has 19 heavy (non-hydrogen) atoms. The molecule has 1 aromatic carbocycles. The summed E-state index contributed by atoms with van der Waals surface area (Å²) in [6.07, 6.45) is 3.93. The molecule has 0 spiro atoms. The van der Waals surface area contributed by atoms with Crippen molar-refractivity contribution in [3.8, 4) is 0 Å². The molecule has 3 nitrogen and oxygen atoms in total. The van der Waals surface area contributed by atoms with Gasteiger partial charge in [0.05, 0.1) is 15.2 Å². The summed E-state index contributed by atoms with van der Waals surface area (Å²) < 4.78 is 1.07. The lowest BCUT2D eigenvalue weighted by atomic mass is 10.0. The molecule has 2 aromatic rings. The molecule has 0 bridgehead atoms. The van der Waals surface area contributed by atoms with Gasteiger partial charge in [-0.2, -0.15) is 0 Å². The van der Waals surface area contributed by atoms with Crippen LogP contribution >= 0.6 is 22.9 Å². The minimum absolute atomic E-state index is 0.622. The molecule has 1 N–H and O–H groups in total. The maximum absolute atomic E-state index is 6.18. The number of likely N-dealkylation sites (N-methyl/N-ethyl adjacent to an activating group) is 1. The third-order valence-electron chi connectivity index (χ3n) is 3.78. The highest BCUT2D eigenvalue weighted by Crippen LogP contribution is 2.31. The molecule has 1 unspecified atom stereocenters. The van der Waals surface area contributed by atoms with E-state index in [1.54, 1.807) is 11.3 Å². The highest BCUT2D eigenvalue weighted by Gasteiger charge is 2.18. The molecule has 5 heteroatoms. The van der Waals surface area contributed by atoms with Gasteiger partial charge in [0.15, 0.2) is 5.13 Å². The van der Waals surface area contributed by atoms with E-state index in [2.05, 4.69) is 22.2 Å². The second kappa shape index (κ2) is 5.65. The van der Waals surface area contributed by atoms with E-state index in [0.717, 1.165) is 26.9 Å². The Morgan fingerprint density at radius 2 is 2.37 bits per heavy atom. The SMILES string of the molecule is CN1CCCCC1CNc1nc2cccc(Cl)c2s1. The van der Waals surface area contributed by atoms with Gasteiger partial charge in [-0.1, -0.05) is 35.4 Å². The fourth-order valence-corrected chi connectivity index (χ4v) is 3.76. The molecular weight excluding hydrogens is 278 g/mol. The van der Waals surface area contributed by atoms with Gasteiger partial charge < -0.3 is 10.2 Å². The van der Waals surface area contributed by atoms with Crippen molar-refractivity contribution in [3.05, 3.63) is 23.2 Å². The van der Waals surface area contributed by atoms with Crippen LogP contribution in [0.4, 0.5) is 5.13 Å². The standard InChI is InChI=1S/C14H18ClN3S/c1-18-8-3-2-5-10(18)9-16-14-17-12-7-4-6-11(15)13(12)19-14/h4,6-7,10H,2-3,5,8-9H2,1H3,(H,16,17). The Kier molecular flexibility index (Phi) is 3.91. The number of nitrogens with zero attached hydrogens (tertiary/aromatic N) is 2. The molecular formula is C14H18ClN3S. The summed E-state index contributed by atoms with van der Waals surface area (Å²) in [5.74, 6) is 0. The van der Waals surface area contributed by atoms with E-state index in [9.17, 15) is 0 Å². The number of aromatic nitrogens is 1. The van der Waals surface area contributed by atoms with Crippen LogP contribution in [0, 0.1) is 0 Å². The first-order valence-corrected chi connectivity index (χ1v) is 7.92. The first-order chi connectivity index (χ1) is 9.24. The van der Waals surface area contributed by atoms with Gasteiger partial charge in [-0.15, -0.1) is 0 Å². The summed E-state index contributed by atoms with van der Waals surface area (Å²) in [5, 5.41) is 5.23. The van der Waals surface area contributed by atoms with Crippen molar-refractivity contribution in [1.29, 1.82) is 0 Å². The van der Waals surface area contributed by atoms with E-state index in [0.29, 0.717) is 6.04 Å². The predicted octanol–water partition coefficient (Wildman–Crippen LogP) is 3.85. The monoisotopic (exact) mass is 295 g/mol. The van der Waals surface area contributed by atoms with Crippen molar-refractivity contribution in [2.24, 2.45) is 0 Å². The molecule has 1 aromatic heterocycles. The molecule has 1 atom stereocenters. The van der Waals surface area contributed by atoms with Crippen molar-refractivity contribution in [3.63, 3.8) is 0 Å². The highest BCUT2D eigenvalue weighted by atomic mass is 35.5. The number of benzene rings is 1. The first-order valence-electron chi connectivity index (χ1n) is 6.73. The molecule has 1 aliphatic rings. The van der Waals surface area contributed by atoms with Crippen molar-refractivity contribution in [1.82, 2.24) is 9.88 Å². The number of thiazole rings is 1. The van der Waals surface area contributed by atoms with Crippen LogP contribution in [0.15, 0.2) is 18.2 Å². The lowest BCUT2D eigenvalue weighted by Gasteiger charge is -2.32. The molecule has 1 saturated heterocycles. The summed E-state index contributed by atoms with van der Waals surface area (Å²) in [7, 11) is 2.21. The zero-order valence-electron chi connectivity index (χ0n) is 11.0. The average Bonchev–Trinajstić information content (AvgIpc) is 2.82. The van der Waals surface area contributed by atoms with E-state index in [-0.39, 0.29) is 0 Å². The van der Waals surface area contributed by atoms with Gasteiger partial charge in [-0.05, 0) is 38.6 Å². The molecule has 0 amide bonds. The Hall–Kier alpha value is -0.840. The van der Waals surface area contributed by atoms with Crippen LogP contribution in [-0.4, -0.2) is 36.1 Å². The van der Waals surface area contributed by atoms with Gasteiger partial charge >= 0.3 is 0 Å². The Labute approximate surface area is 122 Å². The quantitative estimate of drug-likeness (QED) is 0.932. The van der Waals surface area contributed by atoms with Gasteiger partial charge in [0.2, 0.25) is 0 Å². The van der Waals surface area contributed by atoms with Gasteiger partial charge in [0.25, 0.3) is 0 Å². The number of piperidine rings is 1. The van der Waals surface area contributed by atoms with Crippen molar-refractivity contribution in [2.45, 2.75) is 25.3 Å². The largest absolute Gasteiger partial charge is 0.360 e. The van der Waals surface area contributed by atoms with Gasteiger partial charge in [-0.3, -0.25) is 0 Å². The highest BCUT2D eigenvalue weighted by molar-refractivity contribution is 7.22. The van der Waals surface area contributed by atoms with Crippen LogP contribution in [-0.2, 0) is 0 Å².